The maximum atomic E-state index is 5.26. The van der Waals surface area contributed by atoms with Crippen molar-refractivity contribution in [2.24, 2.45) is 0 Å². The van der Waals surface area contributed by atoms with Crippen LogP contribution in [0.25, 0.3) is 96.5 Å². The first-order valence-electron chi connectivity index (χ1n) is 16.7. The standard InChI is InChI=1S/C46H28N2S2/c1-3-13-29(14-4-1)40-28-41(48-46(47-40)30-15-5-2-6-16-30)33-26-31(34-19-11-21-38-36-17-7-9-23-42(36)49-44(34)38)25-32(27-33)35-20-12-22-39-37-18-8-10-24-43(37)50-45(35)39/h1-28H. The summed E-state index contributed by atoms with van der Waals surface area (Å²) in [5, 5.41) is 5.19. The zero-order valence-corrected chi connectivity index (χ0v) is 28.5. The number of benzene rings is 7. The summed E-state index contributed by atoms with van der Waals surface area (Å²) in [6.07, 6.45) is 0. The zero-order valence-electron chi connectivity index (χ0n) is 26.9. The molecule has 0 spiro atoms. The van der Waals surface area contributed by atoms with Crippen LogP contribution in [0, 0.1) is 0 Å². The molecule has 0 saturated heterocycles. The van der Waals surface area contributed by atoms with E-state index in [4.69, 9.17) is 9.97 Å². The van der Waals surface area contributed by atoms with Crippen molar-refractivity contribution in [2.75, 3.05) is 0 Å². The van der Waals surface area contributed by atoms with Crippen LogP contribution in [-0.4, -0.2) is 9.97 Å². The van der Waals surface area contributed by atoms with Crippen molar-refractivity contribution in [1.29, 1.82) is 0 Å². The summed E-state index contributed by atoms with van der Waals surface area (Å²) >= 11 is 3.74. The molecular weight excluding hydrogens is 645 g/mol. The van der Waals surface area contributed by atoms with E-state index in [2.05, 4.69) is 146 Å². The molecule has 7 aromatic carbocycles. The van der Waals surface area contributed by atoms with Gasteiger partial charge in [0.15, 0.2) is 5.82 Å². The molecule has 0 atom stereocenters. The van der Waals surface area contributed by atoms with Crippen LogP contribution in [-0.2, 0) is 0 Å². The van der Waals surface area contributed by atoms with Crippen molar-refractivity contribution in [3.63, 3.8) is 0 Å². The minimum Gasteiger partial charge on any atom is -0.228 e. The Morgan fingerprint density at radius 1 is 0.320 bits per heavy atom. The average Bonchev–Trinajstić information content (AvgIpc) is 3.77. The molecule has 4 heteroatoms. The van der Waals surface area contributed by atoms with Gasteiger partial charge in [0.2, 0.25) is 0 Å². The fraction of sp³-hybridized carbons (Fsp3) is 0. The lowest BCUT2D eigenvalue weighted by Crippen LogP contribution is -1.96. The van der Waals surface area contributed by atoms with Gasteiger partial charge in [0.25, 0.3) is 0 Å². The monoisotopic (exact) mass is 672 g/mol. The quantitative estimate of drug-likeness (QED) is 0.182. The van der Waals surface area contributed by atoms with Crippen LogP contribution < -0.4 is 0 Å². The van der Waals surface area contributed by atoms with Crippen LogP contribution >= 0.6 is 22.7 Å². The van der Waals surface area contributed by atoms with Gasteiger partial charge in [-0.2, -0.15) is 0 Å². The molecule has 0 saturated carbocycles. The molecule has 50 heavy (non-hydrogen) atoms. The van der Waals surface area contributed by atoms with Crippen LogP contribution in [0.4, 0.5) is 0 Å². The second kappa shape index (κ2) is 11.9. The van der Waals surface area contributed by atoms with E-state index in [1.807, 2.05) is 46.9 Å². The van der Waals surface area contributed by atoms with Crippen molar-refractivity contribution in [3.05, 3.63) is 170 Å². The number of rotatable bonds is 5. The predicted octanol–water partition coefficient (Wildman–Crippen LogP) is 13.5. The Morgan fingerprint density at radius 2 is 0.760 bits per heavy atom. The summed E-state index contributed by atoms with van der Waals surface area (Å²) in [6, 6.07) is 60.7. The van der Waals surface area contributed by atoms with Gasteiger partial charge in [-0.25, -0.2) is 9.97 Å². The number of hydrogen-bond acceptors (Lipinski definition) is 4. The maximum absolute atomic E-state index is 5.26. The second-order valence-corrected chi connectivity index (χ2v) is 14.7. The Bertz CT molecular complexity index is 2680. The lowest BCUT2D eigenvalue weighted by Gasteiger charge is -2.14. The SMILES string of the molecule is c1ccc(-c2cc(-c3cc(-c4cccc5c4sc4ccccc45)cc(-c4cccc5c4sc4ccccc45)c3)nc(-c3ccccc3)n2)cc1. The molecule has 2 nitrogen and oxygen atoms in total. The minimum absolute atomic E-state index is 0.715. The zero-order chi connectivity index (χ0) is 33.0. The van der Waals surface area contributed by atoms with Gasteiger partial charge in [-0.3, -0.25) is 0 Å². The Morgan fingerprint density at radius 3 is 1.32 bits per heavy atom. The third-order valence-electron chi connectivity index (χ3n) is 9.49. The Balaban J connectivity index is 1.26. The van der Waals surface area contributed by atoms with Gasteiger partial charge in [0, 0.05) is 57.0 Å². The van der Waals surface area contributed by atoms with Gasteiger partial charge in [0.05, 0.1) is 11.4 Å². The first kappa shape index (κ1) is 29.0. The largest absolute Gasteiger partial charge is 0.228 e. The van der Waals surface area contributed by atoms with E-state index in [0.29, 0.717) is 5.82 Å². The van der Waals surface area contributed by atoms with Gasteiger partial charge in [-0.15, -0.1) is 22.7 Å². The molecule has 0 radical (unpaired) electrons. The highest BCUT2D eigenvalue weighted by molar-refractivity contribution is 7.26. The Labute approximate surface area is 297 Å². The van der Waals surface area contributed by atoms with E-state index in [-0.39, 0.29) is 0 Å². The lowest BCUT2D eigenvalue weighted by atomic mass is 9.93. The summed E-state index contributed by atoms with van der Waals surface area (Å²) in [7, 11) is 0. The fourth-order valence-corrected chi connectivity index (χ4v) is 9.58. The number of nitrogens with zero attached hydrogens (tertiary/aromatic N) is 2. The summed E-state index contributed by atoms with van der Waals surface area (Å²) in [5.41, 5.74) is 9.73. The molecule has 0 amide bonds. The minimum atomic E-state index is 0.715. The number of fused-ring (bicyclic) bond motifs is 6. The van der Waals surface area contributed by atoms with E-state index >= 15 is 0 Å². The topological polar surface area (TPSA) is 25.8 Å². The first-order valence-corrected chi connectivity index (χ1v) is 18.4. The summed E-state index contributed by atoms with van der Waals surface area (Å²) < 4.78 is 5.21. The van der Waals surface area contributed by atoms with Crippen LogP contribution in [0.3, 0.4) is 0 Å². The molecule has 3 aromatic heterocycles. The van der Waals surface area contributed by atoms with Crippen LogP contribution in [0.15, 0.2) is 170 Å². The van der Waals surface area contributed by atoms with E-state index < -0.39 is 0 Å². The molecule has 0 aliphatic carbocycles. The molecule has 0 bridgehead atoms. The van der Waals surface area contributed by atoms with E-state index in [1.165, 1.54) is 62.6 Å². The van der Waals surface area contributed by atoms with E-state index in [1.54, 1.807) is 0 Å². The predicted molar refractivity (Wildman–Crippen MR) is 215 cm³/mol. The van der Waals surface area contributed by atoms with E-state index in [9.17, 15) is 0 Å². The van der Waals surface area contributed by atoms with Crippen molar-refractivity contribution >= 4 is 63.0 Å². The van der Waals surface area contributed by atoms with Gasteiger partial charge in [-0.1, -0.05) is 133 Å². The van der Waals surface area contributed by atoms with Crippen LogP contribution in [0.5, 0.6) is 0 Å². The average molecular weight is 673 g/mol. The molecule has 0 aliphatic rings. The third kappa shape index (κ3) is 4.92. The van der Waals surface area contributed by atoms with Crippen molar-refractivity contribution < 1.29 is 0 Å². The van der Waals surface area contributed by atoms with E-state index in [0.717, 1.165) is 28.1 Å². The highest BCUT2D eigenvalue weighted by Gasteiger charge is 2.17. The first-order chi connectivity index (χ1) is 24.8. The third-order valence-corrected chi connectivity index (χ3v) is 11.9. The second-order valence-electron chi connectivity index (χ2n) is 12.6. The number of aromatic nitrogens is 2. The van der Waals surface area contributed by atoms with Crippen molar-refractivity contribution in [2.45, 2.75) is 0 Å². The normalized spacial score (nSPS) is 11.6. The molecular formula is C46H28N2S2. The molecule has 0 N–H and O–H groups in total. The molecule has 0 unspecified atom stereocenters. The molecule has 0 aliphatic heterocycles. The smallest absolute Gasteiger partial charge is 0.160 e. The molecule has 3 heterocycles. The summed E-state index contributed by atoms with van der Waals surface area (Å²) in [5.74, 6) is 0.715. The molecule has 10 aromatic rings. The molecule has 234 valence electrons. The molecule has 10 rings (SSSR count). The Hall–Kier alpha value is -5.94. The van der Waals surface area contributed by atoms with Crippen molar-refractivity contribution in [3.8, 4) is 56.2 Å². The van der Waals surface area contributed by atoms with Gasteiger partial charge in [-0.05, 0) is 58.7 Å². The van der Waals surface area contributed by atoms with Gasteiger partial charge in [0.1, 0.15) is 0 Å². The van der Waals surface area contributed by atoms with Crippen LogP contribution in [0.2, 0.25) is 0 Å². The van der Waals surface area contributed by atoms with Gasteiger partial charge < -0.3 is 0 Å². The number of hydrogen-bond donors (Lipinski definition) is 0. The Kier molecular flexibility index (Phi) is 6.90. The summed E-state index contributed by atoms with van der Waals surface area (Å²) in [6.45, 7) is 0. The van der Waals surface area contributed by atoms with Crippen molar-refractivity contribution in [1.82, 2.24) is 9.97 Å². The fourth-order valence-electron chi connectivity index (χ4n) is 7.10. The van der Waals surface area contributed by atoms with Gasteiger partial charge >= 0.3 is 0 Å². The molecule has 0 fully saturated rings. The van der Waals surface area contributed by atoms with Crippen LogP contribution in [0.1, 0.15) is 0 Å². The summed E-state index contributed by atoms with van der Waals surface area (Å²) in [4.78, 5) is 10.3. The lowest BCUT2D eigenvalue weighted by molar-refractivity contribution is 1.18. The highest BCUT2D eigenvalue weighted by Crippen LogP contribution is 2.45. The maximum Gasteiger partial charge on any atom is 0.160 e. The number of thiophene rings is 2. The highest BCUT2D eigenvalue weighted by atomic mass is 32.1.